The zero-order valence-corrected chi connectivity index (χ0v) is 13.0. The zero-order chi connectivity index (χ0) is 13.1. The van der Waals surface area contributed by atoms with Gasteiger partial charge in [-0.2, -0.15) is 0 Å². The molecule has 0 aliphatic heterocycles. The third-order valence-electron chi connectivity index (χ3n) is 1.98. The molecule has 0 bridgehead atoms. The summed E-state index contributed by atoms with van der Waals surface area (Å²) in [6, 6.07) is 4.00. The SMILES string of the molecule is C=Cc1cc(I)c(OC(C)(C)C)c(OCC)c1. The minimum atomic E-state index is -0.235. The van der Waals surface area contributed by atoms with Crippen molar-refractivity contribution in [2.75, 3.05) is 6.61 Å². The van der Waals surface area contributed by atoms with E-state index in [0.717, 1.165) is 20.6 Å². The van der Waals surface area contributed by atoms with E-state index in [1.165, 1.54) is 0 Å². The zero-order valence-electron chi connectivity index (χ0n) is 10.8. The van der Waals surface area contributed by atoms with Gasteiger partial charge in [0.2, 0.25) is 0 Å². The molecule has 0 spiro atoms. The molecule has 0 amide bonds. The van der Waals surface area contributed by atoms with Crippen LogP contribution >= 0.6 is 22.6 Å². The van der Waals surface area contributed by atoms with Gasteiger partial charge in [0.15, 0.2) is 11.5 Å². The number of hydrogen-bond donors (Lipinski definition) is 0. The first-order chi connectivity index (χ1) is 7.87. The van der Waals surface area contributed by atoms with E-state index in [1.807, 2.05) is 45.9 Å². The molecule has 1 rings (SSSR count). The Balaban J connectivity index is 3.21. The molecule has 0 aromatic heterocycles. The average molecular weight is 346 g/mol. The van der Waals surface area contributed by atoms with Gasteiger partial charge in [-0.3, -0.25) is 0 Å². The van der Waals surface area contributed by atoms with Crippen LogP contribution in [0.15, 0.2) is 18.7 Å². The molecule has 1 aromatic rings. The molecular weight excluding hydrogens is 327 g/mol. The van der Waals surface area contributed by atoms with Crippen LogP contribution in [0.3, 0.4) is 0 Å². The molecule has 0 atom stereocenters. The largest absolute Gasteiger partial charge is 0.490 e. The van der Waals surface area contributed by atoms with Gasteiger partial charge in [-0.05, 0) is 68.0 Å². The van der Waals surface area contributed by atoms with Crippen molar-refractivity contribution in [3.05, 3.63) is 27.8 Å². The maximum absolute atomic E-state index is 5.95. The Morgan fingerprint density at radius 1 is 1.35 bits per heavy atom. The van der Waals surface area contributed by atoms with E-state index in [-0.39, 0.29) is 5.60 Å². The van der Waals surface area contributed by atoms with Gasteiger partial charge in [-0.25, -0.2) is 0 Å². The van der Waals surface area contributed by atoms with Crippen LogP contribution in [0, 0.1) is 3.57 Å². The fourth-order valence-corrected chi connectivity index (χ4v) is 2.11. The van der Waals surface area contributed by atoms with E-state index in [1.54, 1.807) is 0 Å². The van der Waals surface area contributed by atoms with E-state index >= 15 is 0 Å². The normalized spacial score (nSPS) is 11.1. The molecule has 0 N–H and O–H groups in total. The van der Waals surface area contributed by atoms with Crippen molar-refractivity contribution in [2.24, 2.45) is 0 Å². The molecule has 0 saturated carbocycles. The third kappa shape index (κ3) is 4.22. The summed E-state index contributed by atoms with van der Waals surface area (Å²) in [4.78, 5) is 0. The highest BCUT2D eigenvalue weighted by molar-refractivity contribution is 14.1. The first-order valence-corrected chi connectivity index (χ1v) is 6.73. The highest BCUT2D eigenvalue weighted by atomic mass is 127. The van der Waals surface area contributed by atoms with Gasteiger partial charge >= 0.3 is 0 Å². The maximum atomic E-state index is 5.95. The van der Waals surface area contributed by atoms with Gasteiger partial charge in [-0.15, -0.1) is 0 Å². The summed E-state index contributed by atoms with van der Waals surface area (Å²) in [5.41, 5.74) is 0.806. The lowest BCUT2D eigenvalue weighted by Crippen LogP contribution is -2.24. The van der Waals surface area contributed by atoms with Crippen LogP contribution in [0.5, 0.6) is 11.5 Å². The van der Waals surface area contributed by atoms with Crippen LogP contribution < -0.4 is 9.47 Å². The van der Waals surface area contributed by atoms with Gasteiger partial charge < -0.3 is 9.47 Å². The quantitative estimate of drug-likeness (QED) is 0.747. The minimum Gasteiger partial charge on any atom is -0.490 e. The Bertz CT molecular complexity index is 405. The van der Waals surface area contributed by atoms with Crippen molar-refractivity contribution in [3.63, 3.8) is 0 Å². The van der Waals surface area contributed by atoms with Crippen molar-refractivity contribution in [1.82, 2.24) is 0 Å². The minimum absolute atomic E-state index is 0.235. The molecule has 0 fully saturated rings. The Morgan fingerprint density at radius 3 is 2.47 bits per heavy atom. The van der Waals surface area contributed by atoms with Crippen LogP contribution in [-0.2, 0) is 0 Å². The highest BCUT2D eigenvalue weighted by Gasteiger charge is 2.18. The summed E-state index contributed by atoms with van der Waals surface area (Å²) in [7, 11) is 0. The standard InChI is InChI=1S/C14H19IO2/c1-6-10-8-11(15)13(17-14(3,4)5)12(9-10)16-7-2/h6,8-9H,1,7H2,2-5H3. The van der Waals surface area contributed by atoms with E-state index in [9.17, 15) is 0 Å². The van der Waals surface area contributed by atoms with Gasteiger partial charge in [0.05, 0.1) is 10.2 Å². The van der Waals surface area contributed by atoms with Gasteiger partial charge in [0.25, 0.3) is 0 Å². The number of hydrogen-bond acceptors (Lipinski definition) is 2. The van der Waals surface area contributed by atoms with Crippen LogP contribution in [0.4, 0.5) is 0 Å². The summed E-state index contributed by atoms with van der Waals surface area (Å²) in [5, 5.41) is 0. The summed E-state index contributed by atoms with van der Waals surface area (Å²) >= 11 is 2.26. The lowest BCUT2D eigenvalue weighted by atomic mass is 10.1. The molecule has 0 heterocycles. The predicted octanol–water partition coefficient (Wildman–Crippen LogP) is 4.51. The Morgan fingerprint density at radius 2 is 2.00 bits per heavy atom. The smallest absolute Gasteiger partial charge is 0.175 e. The lowest BCUT2D eigenvalue weighted by Gasteiger charge is -2.24. The first kappa shape index (κ1) is 14.4. The number of rotatable bonds is 4. The maximum Gasteiger partial charge on any atom is 0.175 e. The Labute approximate surface area is 117 Å². The van der Waals surface area contributed by atoms with Gasteiger partial charge in [-0.1, -0.05) is 12.7 Å². The molecule has 2 nitrogen and oxygen atoms in total. The van der Waals surface area contributed by atoms with E-state index in [0.29, 0.717) is 6.61 Å². The molecule has 94 valence electrons. The molecule has 0 aliphatic rings. The molecule has 0 aliphatic carbocycles. The molecular formula is C14H19IO2. The van der Waals surface area contributed by atoms with E-state index in [4.69, 9.17) is 9.47 Å². The molecule has 3 heteroatoms. The van der Waals surface area contributed by atoms with Crippen molar-refractivity contribution in [2.45, 2.75) is 33.3 Å². The van der Waals surface area contributed by atoms with Crippen LogP contribution in [0.25, 0.3) is 6.08 Å². The first-order valence-electron chi connectivity index (χ1n) is 5.65. The summed E-state index contributed by atoms with van der Waals surface area (Å²) in [6.45, 7) is 12.5. The van der Waals surface area contributed by atoms with Crippen molar-refractivity contribution in [3.8, 4) is 11.5 Å². The molecule has 0 radical (unpaired) electrons. The molecule has 1 aromatic carbocycles. The summed E-state index contributed by atoms with van der Waals surface area (Å²) in [5.74, 6) is 1.59. The second kappa shape index (κ2) is 5.76. The number of ether oxygens (including phenoxy) is 2. The van der Waals surface area contributed by atoms with Crippen LogP contribution in [0.2, 0.25) is 0 Å². The van der Waals surface area contributed by atoms with Gasteiger partial charge in [0.1, 0.15) is 5.60 Å². The van der Waals surface area contributed by atoms with Crippen molar-refractivity contribution >= 4 is 28.7 Å². The number of halogens is 1. The Kier molecular flexibility index (Phi) is 4.86. The topological polar surface area (TPSA) is 18.5 Å². The molecule has 17 heavy (non-hydrogen) atoms. The lowest BCUT2D eigenvalue weighted by molar-refractivity contribution is 0.122. The second-order valence-electron chi connectivity index (χ2n) is 4.68. The second-order valence-corrected chi connectivity index (χ2v) is 5.84. The van der Waals surface area contributed by atoms with E-state index in [2.05, 4.69) is 29.2 Å². The molecule has 0 unspecified atom stereocenters. The van der Waals surface area contributed by atoms with Crippen molar-refractivity contribution < 1.29 is 9.47 Å². The summed E-state index contributed by atoms with van der Waals surface area (Å²) < 4.78 is 12.6. The highest BCUT2D eigenvalue weighted by Crippen LogP contribution is 2.36. The van der Waals surface area contributed by atoms with Crippen molar-refractivity contribution in [1.29, 1.82) is 0 Å². The molecule has 0 saturated heterocycles. The monoisotopic (exact) mass is 346 g/mol. The number of benzene rings is 1. The third-order valence-corrected chi connectivity index (χ3v) is 2.78. The predicted molar refractivity (Wildman–Crippen MR) is 80.8 cm³/mol. The van der Waals surface area contributed by atoms with Gasteiger partial charge in [0, 0.05) is 0 Å². The fourth-order valence-electron chi connectivity index (χ4n) is 1.37. The average Bonchev–Trinajstić information content (AvgIpc) is 2.21. The van der Waals surface area contributed by atoms with E-state index < -0.39 is 0 Å². The van der Waals surface area contributed by atoms with Crippen LogP contribution in [-0.4, -0.2) is 12.2 Å². The fraction of sp³-hybridized carbons (Fsp3) is 0.429. The Hall–Kier alpha value is -0.710. The summed E-state index contributed by atoms with van der Waals surface area (Å²) in [6.07, 6.45) is 1.81. The van der Waals surface area contributed by atoms with Crippen LogP contribution in [0.1, 0.15) is 33.3 Å².